The van der Waals surface area contributed by atoms with Crippen molar-refractivity contribution in [2.45, 2.75) is 0 Å². The van der Waals surface area contributed by atoms with Crippen LogP contribution in [0.5, 0.6) is 0 Å². The number of anilines is 1. The predicted molar refractivity (Wildman–Crippen MR) is 86.1 cm³/mol. The first-order chi connectivity index (χ1) is 11.2. The highest BCUT2D eigenvalue weighted by Crippen LogP contribution is 2.29. The topological polar surface area (TPSA) is 33.1 Å². The van der Waals surface area contributed by atoms with Crippen LogP contribution >= 0.6 is 0 Å². The molecule has 0 aliphatic carbocycles. The van der Waals surface area contributed by atoms with Crippen molar-refractivity contribution in [1.82, 2.24) is 15.1 Å². The highest BCUT2D eigenvalue weighted by Gasteiger charge is 2.20. The number of rotatable bonds is 2. The molecule has 1 aliphatic rings. The van der Waals surface area contributed by atoms with Crippen molar-refractivity contribution >= 4 is 16.7 Å². The number of para-hydroxylation sites is 1. The fourth-order valence-electron chi connectivity index (χ4n) is 3.00. The maximum atomic E-state index is 14.2. The molecule has 0 radical (unpaired) electrons. The van der Waals surface area contributed by atoms with Gasteiger partial charge in [-0.25, -0.2) is 13.5 Å². The second-order valence-corrected chi connectivity index (χ2v) is 5.59. The van der Waals surface area contributed by atoms with Gasteiger partial charge in [-0.2, -0.15) is 0 Å². The van der Waals surface area contributed by atoms with Crippen LogP contribution in [0.3, 0.4) is 0 Å². The SMILES string of the molecule is Fc1ccc(-n2nc(N3CCNCC3)c3ccccc32)c(F)c1. The van der Waals surface area contributed by atoms with Crippen LogP contribution in [0.15, 0.2) is 42.5 Å². The Labute approximate surface area is 132 Å². The number of nitrogens with one attached hydrogen (secondary N) is 1. The molecule has 4 nitrogen and oxygen atoms in total. The highest BCUT2D eigenvalue weighted by molar-refractivity contribution is 5.91. The van der Waals surface area contributed by atoms with Gasteiger partial charge in [0.2, 0.25) is 0 Å². The van der Waals surface area contributed by atoms with Crippen LogP contribution in [0.1, 0.15) is 0 Å². The summed E-state index contributed by atoms with van der Waals surface area (Å²) in [7, 11) is 0. The first-order valence-corrected chi connectivity index (χ1v) is 7.63. The second kappa shape index (κ2) is 5.62. The second-order valence-electron chi connectivity index (χ2n) is 5.59. The van der Waals surface area contributed by atoms with Gasteiger partial charge in [-0.1, -0.05) is 12.1 Å². The third-order valence-corrected chi connectivity index (χ3v) is 4.12. The van der Waals surface area contributed by atoms with E-state index in [1.54, 1.807) is 4.68 Å². The predicted octanol–water partition coefficient (Wildman–Crippen LogP) is 2.71. The first-order valence-electron chi connectivity index (χ1n) is 7.63. The average Bonchev–Trinajstić information content (AvgIpc) is 2.95. The monoisotopic (exact) mass is 314 g/mol. The molecule has 6 heteroatoms. The van der Waals surface area contributed by atoms with Gasteiger partial charge in [0.25, 0.3) is 0 Å². The van der Waals surface area contributed by atoms with E-state index in [9.17, 15) is 8.78 Å². The Morgan fingerprint density at radius 3 is 2.57 bits per heavy atom. The zero-order valence-corrected chi connectivity index (χ0v) is 12.5. The minimum atomic E-state index is -0.620. The van der Waals surface area contributed by atoms with Crippen molar-refractivity contribution in [1.29, 1.82) is 0 Å². The number of nitrogens with zero attached hydrogens (tertiary/aromatic N) is 3. The maximum absolute atomic E-state index is 14.2. The first kappa shape index (κ1) is 14.1. The quantitative estimate of drug-likeness (QED) is 0.789. The Kier molecular flexibility index (Phi) is 3.46. The Morgan fingerprint density at radius 1 is 1.00 bits per heavy atom. The van der Waals surface area contributed by atoms with E-state index in [-0.39, 0.29) is 5.69 Å². The fraction of sp³-hybridized carbons (Fsp3) is 0.235. The Balaban J connectivity index is 1.90. The van der Waals surface area contributed by atoms with Crippen molar-refractivity contribution in [2.75, 3.05) is 31.1 Å². The number of halogens is 2. The van der Waals surface area contributed by atoms with E-state index in [4.69, 9.17) is 0 Å². The Hall–Kier alpha value is -2.47. The number of piperazine rings is 1. The average molecular weight is 314 g/mol. The summed E-state index contributed by atoms with van der Waals surface area (Å²) in [5.41, 5.74) is 1.07. The molecule has 0 unspecified atom stereocenters. The van der Waals surface area contributed by atoms with Crippen molar-refractivity contribution < 1.29 is 8.78 Å². The molecule has 1 aromatic heterocycles. The third-order valence-electron chi connectivity index (χ3n) is 4.12. The molecule has 1 fully saturated rings. The standard InChI is InChI=1S/C17H16F2N4/c18-12-5-6-16(14(19)11-12)23-15-4-2-1-3-13(15)17(21-23)22-9-7-20-8-10-22/h1-6,11,20H,7-10H2. The summed E-state index contributed by atoms with van der Waals surface area (Å²) in [6.45, 7) is 3.50. The van der Waals surface area contributed by atoms with Crippen LogP contribution in [0, 0.1) is 11.6 Å². The lowest BCUT2D eigenvalue weighted by molar-refractivity contribution is 0.571. The summed E-state index contributed by atoms with van der Waals surface area (Å²) >= 11 is 0. The largest absolute Gasteiger partial charge is 0.352 e. The summed E-state index contributed by atoms with van der Waals surface area (Å²) in [6.07, 6.45) is 0. The molecule has 118 valence electrons. The summed E-state index contributed by atoms with van der Waals surface area (Å²) < 4.78 is 28.9. The molecule has 0 bridgehead atoms. The molecule has 2 aromatic carbocycles. The Morgan fingerprint density at radius 2 is 1.78 bits per heavy atom. The molecule has 0 spiro atoms. The van der Waals surface area contributed by atoms with Gasteiger partial charge in [-0.3, -0.25) is 0 Å². The van der Waals surface area contributed by atoms with E-state index in [2.05, 4.69) is 15.3 Å². The molecule has 0 saturated carbocycles. The number of hydrogen-bond donors (Lipinski definition) is 1. The highest BCUT2D eigenvalue weighted by atomic mass is 19.1. The van der Waals surface area contributed by atoms with E-state index in [0.717, 1.165) is 49.0 Å². The van der Waals surface area contributed by atoms with Crippen LogP contribution < -0.4 is 10.2 Å². The van der Waals surface area contributed by atoms with Crippen molar-refractivity contribution in [2.24, 2.45) is 0 Å². The smallest absolute Gasteiger partial charge is 0.159 e. The minimum Gasteiger partial charge on any atom is -0.352 e. The molecule has 0 amide bonds. The van der Waals surface area contributed by atoms with Gasteiger partial charge in [0.05, 0.1) is 5.52 Å². The summed E-state index contributed by atoms with van der Waals surface area (Å²) in [5, 5.41) is 8.91. The van der Waals surface area contributed by atoms with Gasteiger partial charge in [0.15, 0.2) is 11.6 Å². The van der Waals surface area contributed by atoms with Crippen molar-refractivity contribution in [3.8, 4) is 5.69 Å². The van der Waals surface area contributed by atoms with E-state index >= 15 is 0 Å². The zero-order valence-electron chi connectivity index (χ0n) is 12.5. The van der Waals surface area contributed by atoms with Crippen LogP contribution in [-0.4, -0.2) is 36.0 Å². The molecule has 1 N–H and O–H groups in total. The van der Waals surface area contributed by atoms with Crippen LogP contribution in [0.25, 0.3) is 16.6 Å². The van der Waals surface area contributed by atoms with E-state index in [1.807, 2.05) is 24.3 Å². The molecule has 4 rings (SSSR count). The molecule has 3 aromatic rings. The molecule has 1 saturated heterocycles. The van der Waals surface area contributed by atoms with Gasteiger partial charge in [-0.05, 0) is 24.3 Å². The number of hydrogen-bond acceptors (Lipinski definition) is 3. The van der Waals surface area contributed by atoms with Crippen molar-refractivity contribution in [3.63, 3.8) is 0 Å². The normalized spacial score (nSPS) is 15.3. The summed E-state index contributed by atoms with van der Waals surface area (Å²) in [4.78, 5) is 2.19. The minimum absolute atomic E-state index is 0.254. The van der Waals surface area contributed by atoms with E-state index in [1.165, 1.54) is 12.1 Å². The van der Waals surface area contributed by atoms with E-state index in [0.29, 0.717) is 0 Å². The van der Waals surface area contributed by atoms with Crippen LogP contribution in [0.4, 0.5) is 14.6 Å². The summed E-state index contributed by atoms with van der Waals surface area (Å²) in [6, 6.07) is 11.3. The number of fused-ring (bicyclic) bond motifs is 1. The summed E-state index contributed by atoms with van der Waals surface area (Å²) in [5.74, 6) is -0.374. The van der Waals surface area contributed by atoms with Crippen molar-refractivity contribution in [3.05, 3.63) is 54.1 Å². The van der Waals surface area contributed by atoms with E-state index < -0.39 is 11.6 Å². The lowest BCUT2D eigenvalue weighted by Gasteiger charge is -2.27. The molecular formula is C17H16F2N4. The number of aromatic nitrogens is 2. The lowest BCUT2D eigenvalue weighted by atomic mass is 10.2. The molecule has 0 atom stereocenters. The third kappa shape index (κ3) is 2.45. The molecule has 1 aliphatic heterocycles. The fourth-order valence-corrected chi connectivity index (χ4v) is 3.00. The molecule has 23 heavy (non-hydrogen) atoms. The van der Waals surface area contributed by atoms with Gasteiger partial charge in [0.1, 0.15) is 11.5 Å². The maximum Gasteiger partial charge on any atom is 0.159 e. The zero-order chi connectivity index (χ0) is 15.8. The van der Waals surface area contributed by atoms with Gasteiger partial charge >= 0.3 is 0 Å². The number of benzene rings is 2. The molecule has 2 heterocycles. The van der Waals surface area contributed by atoms with Gasteiger partial charge in [0, 0.05) is 37.6 Å². The Bertz CT molecular complexity index is 853. The van der Waals surface area contributed by atoms with Crippen LogP contribution in [-0.2, 0) is 0 Å². The van der Waals surface area contributed by atoms with Crippen LogP contribution in [0.2, 0.25) is 0 Å². The van der Waals surface area contributed by atoms with Gasteiger partial charge < -0.3 is 10.2 Å². The molecular weight excluding hydrogens is 298 g/mol. The van der Waals surface area contributed by atoms with Gasteiger partial charge in [-0.15, -0.1) is 5.10 Å². The lowest BCUT2D eigenvalue weighted by Crippen LogP contribution is -2.43.